The molecule has 2 aromatic rings. The number of likely N-dealkylation sites (N-methyl/N-ethyl adjacent to an activating group) is 1. The van der Waals surface area contributed by atoms with E-state index in [-0.39, 0.29) is 12.3 Å². The molecule has 1 aromatic carbocycles. The number of imide groups is 1. The SMILES string of the molecule is CN(CC(=O)Nc1ccc(F)cc1)C(=O)CN1C(=O)N[C@@](C)(c2ccco2)C1=O. The molecule has 0 bridgehead atoms. The van der Waals surface area contributed by atoms with Crippen molar-refractivity contribution in [1.29, 1.82) is 0 Å². The molecule has 9 nitrogen and oxygen atoms in total. The summed E-state index contributed by atoms with van der Waals surface area (Å²) >= 11 is 0. The number of rotatable bonds is 6. The van der Waals surface area contributed by atoms with Crippen LogP contribution in [0.15, 0.2) is 47.1 Å². The number of carbonyl (C=O) groups is 4. The van der Waals surface area contributed by atoms with E-state index in [9.17, 15) is 23.6 Å². The lowest BCUT2D eigenvalue weighted by Gasteiger charge is -2.21. The van der Waals surface area contributed by atoms with Crippen LogP contribution in [-0.2, 0) is 19.9 Å². The highest BCUT2D eigenvalue weighted by molar-refractivity contribution is 6.09. The van der Waals surface area contributed by atoms with E-state index in [0.717, 1.165) is 9.80 Å². The van der Waals surface area contributed by atoms with Crippen LogP contribution in [0.1, 0.15) is 12.7 Å². The molecule has 1 saturated heterocycles. The van der Waals surface area contributed by atoms with Crippen LogP contribution in [0.2, 0.25) is 0 Å². The molecule has 10 heteroatoms. The summed E-state index contributed by atoms with van der Waals surface area (Å²) in [4.78, 5) is 51.3. The quantitative estimate of drug-likeness (QED) is 0.707. The molecule has 0 radical (unpaired) electrons. The largest absolute Gasteiger partial charge is 0.466 e. The smallest absolute Gasteiger partial charge is 0.325 e. The van der Waals surface area contributed by atoms with Crippen molar-refractivity contribution >= 4 is 29.4 Å². The summed E-state index contributed by atoms with van der Waals surface area (Å²) in [5.41, 5.74) is -1.03. The first-order valence-electron chi connectivity index (χ1n) is 8.68. The van der Waals surface area contributed by atoms with E-state index in [0.29, 0.717) is 5.69 Å². The van der Waals surface area contributed by atoms with Gasteiger partial charge in [-0.1, -0.05) is 0 Å². The summed E-state index contributed by atoms with van der Waals surface area (Å²) in [6.07, 6.45) is 1.38. The number of halogens is 1. The van der Waals surface area contributed by atoms with Gasteiger partial charge in [0, 0.05) is 12.7 Å². The molecule has 0 spiro atoms. The summed E-state index contributed by atoms with van der Waals surface area (Å²) in [6, 6.07) is 7.56. The Balaban J connectivity index is 1.59. The molecule has 3 rings (SSSR count). The fraction of sp³-hybridized carbons (Fsp3) is 0.263. The molecule has 1 atom stereocenters. The number of furan rings is 1. The van der Waals surface area contributed by atoms with Gasteiger partial charge < -0.3 is 20.0 Å². The van der Waals surface area contributed by atoms with Gasteiger partial charge in [0.05, 0.1) is 12.8 Å². The first kappa shape index (κ1) is 20.1. The van der Waals surface area contributed by atoms with Gasteiger partial charge in [-0.3, -0.25) is 19.3 Å². The fourth-order valence-corrected chi connectivity index (χ4v) is 2.86. The molecule has 0 aliphatic carbocycles. The number of amides is 5. The van der Waals surface area contributed by atoms with Crippen LogP contribution in [-0.4, -0.2) is 53.7 Å². The molecule has 1 aromatic heterocycles. The monoisotopic (exact) mass is 402 g/mol. The number of hydrogen-bond donors (Lipinski definition) is 2. The van der Waals surface area contributed by atoms with Crippen molar-refractivity contribution in [3.8, 4) is 0 Å². The topological polar surface area (TPSA) is 112 Å². The average Bonchev–Trinajstić information content (AvgIpc) is 3.28. The van der Waals surface area contributed by atoms with Crippen LogP contribution < -0.4 is 10.6 Å². The van der Waals surface area contributed by atoms with Crippen molar-refractivity contribution in [3.63, 3.8) is 0 Å². The standard InChI is InChI=1S/C19H19FN4O5/c1-19(14-4-3-9-29-14)17(27)24(18(28)22-19)11-16(26)23(2)10-15(25)21-13-7-5-12(20)6-8-13/h3-9H,10-11H2,1-2H3,(H,21,25)(H,22,28)/t19-/m0/s1. The lowest BCUT2D eigenvalue weighted by atomic mass is 9.99. The molecule has 1 fully saturated rings. The number of urea groups is 1. The van der Waals surface area contributed by atoms with Crippen molar-refractivity contribution in [2.24, 2.45) is 0 Å². The molecular weight excluding hydrogens is 383 g/mol. The Morgan fingerprint density at radius 1 is 1.24 bits per heavy atom. The maximum absolute atomic E-state index is 12.9. The number of anilines is 1. The zero-order valence-corrected chi connectivity index (χ0v) is 15.8. The van der Waals surface area contributed by atoms with Crippen LogP contribution in [0.25, 0.3) is 0 Å². The molecule has 0 saturated carbocycles. The molecule has 2 N–H and O–H groups in total. The van der Waals surface area contributed by atoms with E-state index < -0.39 is 41.7 Å². The molecule has 1 aliphatic rings. The highest BCUT2D eigenvalue weighted by Gasteiger charge is 2.51. The summed E-state index contributed by atoms with van der Waals surface area (Å²) in [7, 11) is 1.37. The van der Waals surface area contributed by atoms with Gasteiger partial charge in [0.25, 0.3) is 5.91 Å². The molecule has 5 amide bonds. The summed E-state index contributed by atoms with van der Waals surface area (Å²) in [6.45, 7) is 0.646. The number of nitrogens with one attached hydrogen (secondary N) is 2. The van der Waals surface area contributed by atoms with E-state index in [1.165, 1.54) is 44.5 Å². The van der Waals surface area contributed by atoms with Crippen LogP contribution in [0, 0.1) is 5.82 Å². The molecule has 152 valence electrons. The molecule has 1 aliphatic heterocycles. The maximum atomic E-state index is 12.9. The van der Waals surface area contributed by atoms with Crippen molar-refractivity contribution in [2.75, 3.05) is 25.5 Å². The Hall–Kier alpha value is -3.69. The van der Waals surface area contributed by atoms with Gasteiger partial charge in [-0.15, -0.1) is 0 Å². The third kappa shape index (κ3) is 4.10. The Morgan fingerprint density at radius 2 is 1.93 bits per heavy atom. The zero-order chi connectivity index (χ0) is 21.2. The fourth-order valence-electron chi connectivity index (χ4n) is 2.86. The minimum Gasteiger partial charge on any atom is -0.466 e. The average molecular weight is 402 g/mol. The maximum Gasteiger partial charge on any atom is 0.325 e. The number of carbonyl (C=O) groups excluding carboxylic acids is 4. The van der Waals surface area contributed by atoms with E-state index >= 15 is 0 Å². The van der Waals surface area contributed by atoms with Crippen molar-refractivity contribution in [3.05, 3.63) is 54.2 Å². The van der Waals surface area contributed by atoms with E-state index in [2.05, 4.69) is 10.6 Å². The van der Waals surface area contributed by atoms with Crippen molar-refractivity contribution in [1.82, 2.24) is 15.1 Å². The Morgan fingerprint density at radius 3 is 2.55 bits per heavy atom. The van der Waals surface area contributed by atoms with Crippen molar-refractivity contribution in [2.45, 2.75) is 12.5 Å². The van der Waals surface area contributed by atoms with E-state index in [1.807, 2.05) is 0 Å². The minimum atomic E-state index is -1.40. The van der Waals surface area contributed by atoms with Crippen LogP contribution in [0.4, 0.5) is 14.9 Å². The highest BCUT2D eigenvalue weighted by atomic mass is 19.1. The lowest BCUT2D eigenvalue weighted by Crippen LogP contribution is -2.45. The van der Waals surface area contributed by atoms with Gasteiger partial charge >= 0.3 is 6.03 Å². The molecule has 2 heterocycles. The normalized spacial score (nSPS) is 18.5. The van der Waals surface area contributed by atoms with Gasteiger partial charge in [-0.05, 0) is 43.3 Å². The Kier molecular flexibility index (Phi) is 5.35. The van der Waals surface area contributed by atoms with Crippen LogP contribution >= 0.6 is 0 Å². The molecule has 29 heavy (non-hydrogen) atoms. The third-order valence-corrected chi connectivity index (χ3v) is 4.52. The second kappa shape index (κ2) is 7.74. The van der Waals surface area contributed by atoms with Crippen LogP contribution in [0.3, 0.4) is 0 Å². The molecule has 0 unspecified atom stereocenters. The minimum absolute atomic E-state index is 0.248. The Labute approximate surface area is 165 Å². The first-order chi connectivity index (χ1) is 13.7. The summed E-state index contributed by atoms with van der Waals surface area (Å²) in [5, 5.41) is 5.04. The lowest BCUT2D eigenvalue weighted by molar-refractivity contribution is -0.139. The number of hydrogen-bond acceptors (Lipinski definition) is 5. The van der Waals surface area contributed by atoms with Gasteiger partial charge in [0.15, 0.2) is 5.54 Å². The predicted molar refractivity (Wildman–Crippen MR) is 99.0 cm³/mol. The van der Waals surface area contributed by atoms with Gasteiger partial charge in [0.1, 0.15) is 18.1 Å². The summed E-state index contributed by atoms with van der Waals surface area (Å²) < 4.78 is 18.1. The number of benzene rings is 1. The zero-order valence-electron chi connectivity index (χ0n) is 15.8. The molecular formula is C19H19FN4O5. The van der Waals surface area contributed by atoms with E-state index in [1.54, 1.807) is 12.1 Å². The van der Waals surface area contributed by atoms with E-state index in [4.69, 9.17) is 4.42 Å². The van der Waals surface area contributed by atoms with Gasteiger partial charge in [0.2, 0.25) is 11.8 Å². The van der Waals surface area contributed by atoms with Gasteiger partial charge in [-0.25, -0.2) is 9.18 Å². The van der Waals surface area contributed by atoms with Crippen molar-refractivity contribution < 1.29 is 28.0 Å². The summed E-state index contributed by atoms with van der Waals surface area (Å²) in [5.74, 6) is -1.94. The highest BCUT2D eigenvalue weighted by Crippen LogP contribution is 2.28. The Bertz CT molecular complexity index is 944. The second-order valence-corrected chi connectivity index (χ2v) is 6.73. The first-order valence-corrected chi connectivity index (χ1v) is 8.68. The van der Waals surface area contributed by atoms with Crippen LogP contribution in [0.5, 0.6) is 0 Å². The predicted octanol–water partition coefficient (Wildman–Crippen LogP) is 1.28. The second-order valence-electron chi connectivity index (χ2n) is 6.73. The number of nitrogens with zero attached hydrogens (tertiary/aromatic N) is 2. The third-order valence-electron chi connectivity index (χ3n) is 4.52. The van der Waals surface area contributed by atoms with Gasteiger partial charge in [-0.2, -0.15) is 0 Å².